The molecule has 1 aliphatic carbocycles. The summed E-state index contributed by atoms with van der Waals surface area (Å²) < 4.78 is 25.7. The molecule has 3 heterocycles. The Morgan fingerprint density at radius 3 is 2.60 bits per heavy atom. The Morgan fingerprint density at radius 2 is 1.93 bits per heavy atom. The molecule has 0 spiro atoms. The van der Waals surface area contributed by atoms with Gasteiger partial charge in [-0.15, -0.1) is 0 Å². The number of halogens is 1. The first-order valence-corrected chi connectivity index (χ1v) is 14.0. The van der Waals surface area contributed by atoms with E-state index < -0.39 is 28.6 Å². The van der Waals surface area contributed by atoms with Crippen LogP contribution in [0.4, 0.5) is 4.39 Å². The second kappa shape index (κ2) is 10.8. The normalized spacial score (nSPS) is 18.7. The maximum absolute atomic E-state index is 13.7. The van der Waals surface area contributed by atoms with E-state index in [9.17, 15) is 19.1 Å². The Balaban J connectivity index is 1.29. The fourth-order valence-corrected chi connectivity index (χ4v) is 5.00. The van der Waals surface area contributed by atoms with Crippen molar-refractivity contribution < 1.29 is 28.6 Å². The molecule has 220 valence electrons. The van der Waals surface area contributed by atoms with E-state index in [1.807, 2.05) is 18.2 Å². The Labute approximate surface area is 247 Å². The summed E-state index contributed by atoms with van der Waals surface area (Å²) in [5, 5.41) is 14.4. The third-order valence-electron chi connectivity index (χ3n) is 7.91. The van der Waals surface area contributed by atoms with Gasteiger partial charge >= 0.3 is 0 Å². The maximum atomic E-state index is 13.7. The van der Waals surface area contributed by atoms with Crippen molar-refractivity contribution in [2.24, 2.45) is 5.73 Å². The monoisotopic (exact) mass is 582 g/mol. The fourth-order valence-electron chi connectivity index (χ4n) is 5.00. The quantitative estimate of drug-likeness (QED) is 0.268. The number of benzene rings is 2. The van der Waals surface area contributed by atoms with Crippen LogP contribution in [-0.4, -0.2) is 46.1 Å². The molecule has 2 aliphatic rings. The Kier molecular flexibility index (Phi) is 7.09. The molecule has 0 bridgehead atoms. The zero-order chi connectivity index (χ0) is 30.4. The van der Waals surface area contributed by atoms with Crippen molar-refractivity contribution in [3.63, 3.8) is 0 Å². The molecule has 1 fully saturated rings. The molecule has 4 N–H and O–H groups in total. The highest BCUT2D eigenvalue weighted by Gasteiger charge is 2.45. The number of nitrogens with one attached hydrogen (secondary N) is 1. The van der Waals surface area contributed by atoms with Crippen LogP contribution in [-0.2, 0) is 15.8 Å². The van der Waals surface area contributed by atoms with Gasteiger partial charge in [0.15, 0.2) is 0 Å². The van der Waals surface area contributed by atoms with E-state index in [1.54, 1.807) is 37.5 Å². The number of carbonyl (C=O) groups is 2. The number of hydrogen-bond donors (Lipinski definition) is 3. The minimum absolute atomic E-state index is 0.00380. The highest BCUT2D eigenvalue weighted by atomic mass is 19.1. The molecule has 0 radical (unpaired) electrons. The number of primary amides is 1. The SMILES string of the molecule is C[C@](O)(CNC(=O)c1ccc(-c2cccnc2)c(OC2CC2)c1)c1cc2c(c(-c3ccc(F)cc3)n1)OC[C@]2(C)C(N)=O. The molecule has 1 aliphatic heterocycles. The van der Waals surface area contributed by atoms with Gasteiger partial charge in [0.1, 0.15) is 40.6 Å². The molecule has 0 saturated heterocycles. The number of ether oxygens (including phenoxy) is 2. The van der Waals surface area contributed by atoms with Crippen LogP contribution in [0, 0.1) is 5.82 Å². The van der Waals surface area contributed by atoms with Crippen molar-refractivity contribution in [2.45, 2.75) is 43.8 Å². The van der Waals surface area contributed by atoms with Crippen LogP contribution in [0.1, 0.15) is 48.3 Å². The molecule has 2 amide bonds. The Morgan fingerprint density at radius 1 is 1.16 bits per heavy atom. The number of amides is 2. The average molecular weight is 583 g/mol. The van der Waals surface area contributed by atoms with Crippen LogP contribution in [0.2, 0.25) is 0 Å². The minimum Gasteiger partial charge on any atom is -0.490 e. The van der Waals surface area contributed by atoms with E-state index in [0.717, 1.165) is 24.0 Å². The van der Waals surface area contributed by atoms with Crippen LogP contribution in [0.25, 0.3) is 22.4 Å². The van der Waals surface area contributed by atoms with Gasteiger partial charge in [-0.2, -0.15) is 0 Å². The van der Waals surface area contributed by atoms with Gasteiger partial charge in [0.2, 0.25) is 5.91 Å². The lowest BCUT2D eigenvalue weighted by Crippen LogP contribution is -2.41. The molecule has 6 rings (SSSR count). The summed E-state index contributed by atoms with van der Waals surface area (Å²) in [7, 11) is 0. The van der Waals surface area contributed by atoms with Crippen LogP contribution >= 0.6 is 0 Å². The fraction of sp³-hybridized carbons (Fsp3) is 0.273. The summed E-state index contributed by atoms with van der Waals surface area (Å²) in [4.78, 5) is 34.6. The third kappa shape index (κ3) is 5.53. The lowest BCUT2D eigenvalue weighted by molar-refractivity contribution is -0.123. The number of aromatic nitrogens is 2. The van der Waals surface area contributed by atoms with Crippen molar-refractivity contribution >= 4 is 11.8 Å². The van der Waals surface area contributed by atoms with Crippen molar-refractivity contribution in [2.75, 3.05) is 13.2 Å². The molecular formula is C33H31FN4O5. The first kappa shape index (κ1) is 28.3. The predicted molar refractivity (Wildman–Crippen MR) is 157 cm³/mol. The zero-order valence-corrected chi connectivity index (χ0v) is 23.8. The number of rotatable bonds is 9. The Bertz CT molecular complexity index is 1710. The van der Waals surface area contributed by atoms with Gasteiger partial charge in [-0.25, -0.2) is 9.37 Å². The van der Waals surface area contributed by atoms with E-state index in [2.05, 4.69) is 15.3 Å². The molecule has 0 unspecified atom stereocenters. The van der Waals surface area contributed by atoms with Gasteiger partial charge in [0, 0.05) is 40.2 Å². The van der Waals surface area contributed by atoms with Crippen LogP contribution in [0.5, 0.6) is 11.5 Å². The second-order valence-electron chi connectivity index (χ2n) is 11.5. The van der Waals surface area contributed by atoms with Crippen molar-refractivity contribution in [1.29, 1.82) is 0 Å². The van der Waals surface area contributed by atoms with E-state index >= 15 is 0 Å². The van der Waals surface area contributed by atoms with E-state index in [0.29, 0.717) is 33.9 Å². The number of nitrogens with two attached hydrogens (primary N) is 1. The van der Waals surface area contributed by atoms with Gasteiger partial charge < -0.3 is 25.6 Å². The lowest BCUT2D eigenvalue weighted by atomic mass is 9.82. The Hall–Kier alpha value is -4.83. The molecule has 43 heavy (non-hydrogen) atoms. The van der Waals surface area contributed by atoms with Crippen molar-refractivity contribution in [1.82, 2.24) is 15.3 Å². The molecule has 1 saturated carbocycles. The van der Waals surface area contributed by atoms with Gasteiger partial charge in [-0.3, -0.25) is 14.6 Å². The smallest absolute Gasteiger partial charge is 0.251 e. The average Bonchev–Trinajstić information content (AvgIpc) is 3.76. The van der Waals surface area contributed by atoms with Gasteiger partial charge in [0.05, 0.1) is 18.3 Å². The topological polar surface area (TPSA) is 137 Å². The summed E-state index contributed by atoms with van der Waals surface area (Å²) in [5.41, 5.74) is 6.50. The van der Waals surface area contributed by atoms with Crippen molar-refractivity contribution in [3.05, 3.63) is 95.7 Å². The number of pyridine rings is 2. The molecule has 10 heteroatoms. The van der Waals surface area contributed by atoms with Gasteiger partial charge in [0.25, 0.3) is 5.91 Å². The molecule has 4 aromatic rings. The molecule has 2 atom stereocenters. The van der Waals surface area contributed by atoms with E-state index in [-0.39, 0.29) is 24.9 Å². The number of fused-ring (bicyclic) bond motifs is 1. The molecular weight excluding hydrogens is 551 g/mol. The highest BCUT2D eigenvalue weighted by Crippen LogP contribution is 2.45. The minimum atomic E-state index is -1.66. The van der Waals surface area contributed by atoms with E-state index in [1.165, 1.54) is 31.2 Å². The molecule has 2 aromatic heterocycles. The van der Waals surface area contributed by atoms with E-state index in [4.69, 9.17) is 15.2 Å². The summed E-state index contributed by atoms with van der Waals surface area (Å²) in [6, 6.07) is 16.2. The summed E-state index contributed by atoms with van der Waals surface area (Å²) in [6.45, 7) is 2.97. The summed E-state index contributed by atoms with van der Waals surface area (Å²) in [6.07, 6.45) is 5.46. The summed E-state index contributed by atoms with van der Waals surface area (Å²) >= 11 is 0. The summed E-state index contributed by atoms with van der Waals surface area (Å²) in [5.74, 6) is -0.504. The predicted octanol–water partition coefficient (Wildman–Crippen LogP) is 4.26. The van der Waals surface area contributed by atoms with Crippen molar-refractivity contribution in [3.8, 4) is 33.9 Å². The highest BCUT2D eigenvalue weighted by molar-refractivity contribution is 5.95. The zero-order valence-electron chi connectivity index (χ0n) is 23.8. The van der Waals surface area contributed by atoms with Gasteiger partial charge in [-0.1, -0.05) is 6.07 Å². The first-order valence-electron chi connectivity index (χ1n) is 14.0. The standard InChI is InChI=1S/C33H31FN4O5/c1-32(31(35)40)18-42-29-25(32)15-27(38-28(29)19-5-8-22(34)9-6-19)33(2,41)17-37-30(39)20-7-12-24(21-4-3-13-36-16-21)26(14-20)43-23-10-11-23/h3-9,12-16,23,41H,10-11,17-18H2,1-2H3,(H2,35,40)(H,37,39)/t32-,33-/m0/s1. The molecule has 2 aromatic carbocycles. The number of nitrogens with zero attached hydrogens (tertiary/aromatic N) is 2. The second-order valence-corrected chi connectivity index (χ2v) is 11.5. The number of aliphatic hydroxyl groups is 1. The van der Waals surface area contributed by atoms with Crippen LogP contribution in [0.15, 0.2) is 73.1 Å². The van der Waals surface area contributed by atoms with Crippen LogP contribution < -0.4 is 20.5 Å². The maximum Gasteiger partial charge on any atom is 0.251 e. The number of hydrogen-bond acceptors (Lipinski definition) is 7. The lowest BCUT2D eigenvalue weighted by Gasteiger charge is -2.26. The van der Waals surface area contributed by atoms with Crippen LogP contribution in [0.3, 0.4) is 0 Å². The molecule has 9 nitrogen and oxygen atoms in total. The van der Waals surface area contributed by atoms with Gasteiger partial charge in [-0.05, 0) is 81.3 Å². The third-order valence-corrected chi connectivity index (χ3v) is 7.91. The largest absolute Gasteiger partial charge is 0.490 e. The first-order chi connectivity index (χ1) is 20.5. The number of carbonyl (C=O) groups excluding carboxylic acids is 2.